The fraction of sp³-hybridized carbons (Fsp3) is 0.526. The molecule has 1 fully saturated rings. The van der Waals surface area contributed by atoms with Crippen LogP contribution < -0.4 is 0 Å². The minimum atomic E-state index is 0.503. The molecule has 2 heterocycles. The van der Waals surface area contributed by atoms with Gasteiger partial charge >= 0.3 is 0 Å². The van der Waals surface area contributed by atoms with Crippen LogP contribution in [0.25, 0.3) is 10.8 Å². The Kier molecular flexibility index (Phi) is 5.06. The van der Waals surface area contributed by atoms with Gasteiger partial charge in [0.2, 0.25) is 0 Å². The van der Waals surface area contributed by atoms with Crippen molar-refractivity contribution in [3.8, 4) is 0 Å². The third-order valence-electron chi connectivity index (χ3n) is 4.13. The van der Waals surface area contributed by atoms with Gasteiger partial charge in [0.15, 0.2) is 0 Å². The van der Waals surface area contributed by atoms with Crippen LogP contribution in [-0.4, -0.2) is 24.8 Å². The lowest BCUT2D eigenvalue weighted by Gasteiger charge is -2.23. The number of rotatable bonds is 5. The van der Waals surface area contributed by atoms with E-state index in [9.17, 15) is 0 Å². The zero-order chi connectivity index (χ0) is 15.4. The molecule has 0 spiro atoms. The molecule has 1 aliphatic heterocycles. The summed E-state index contributed by atoms with van der Waals surface area (Å²) in [6, 6.07) is 10.7. The first-order valence-corrected chi connectivity index (χ1v) is 8.28. The van der Waals surface area contributed by atoms with Gasteiger partial charge in [-0.25, -0.2) is 0 Å². The van der Waals surface area contributed by atoms with E-state index in [2.05, 4.69) is 44.2 Å². The maximum Gasteiger partial charge on any atom is 0.0888 e. The minimum absolute atomic E-state index is 0.503. The summed E-state index contributed by atoms with van der Waals surface area (Å²) in [4.78, 5) is 4.94. The molecule has 1 saturated heterocycles. The Morgan fingerprint density at radius 2 is 2.00 bits per heavy atom. The van der Waals surface area contributed by atoms with Crippen molar-refractivity contribution in [2.24, 2.45) is 5.92 Å². The summed E-state index contributed by atoms with van der Waals surface area (Å²) in [5, 5.41) is 2.55. The lowest BCUT2D eigenvalue weighted by molar-refractivity contribution is 0.0838. The first-order chi connectivity index (χ1) is 10.7. The van der Waals surface area contributed by atoms with Crippen molar-refractivity contribution in [3.05, 3.63) is 41.7 Å². The van der Waals surface area contributed by atoms with Gasteiger partial charge < -0.3 is 9.47 Å². The fourth-order valence-corrected chi connectivity index (χ4v) is 3.04. The quantitative estimate of drug-likeness (QED) is 0.825. The first-order valence-electron chi connectivity index (χ1n) is 8.28. The van der Waals surface area contributed by atoms with Crippen LogP contribution in [0.3, 0.4) is 0 Å². The van der Waals surface area contributed by atoms with Gasteiger partial charge in [0.25, 0.3) is 0 Å². The van der Waals surface area contributed by atoms with Crippen molar-refractivity contribution >= 4 is 10.8 Å². The topological polar surface area (TPSA) is 31.4 Å². The molecule has 0 bridgehead atoms. The van der Waals surface area contributed by atoms with E-state index in [4.69, 9.17) is 14.5 Å². The summed E-state index contributed by atoms with van der Waals surface area (Å²) in [5.74, 6) is 1.05. The Hall–Kier alpha value is -1.45. The van der Waals surface area contributed by atoms with E-state index in [1.807, 2.05) is 0 Å². The van der Waals surface area contributed by atoms with Crippen LogP contribution >= 0.6 is 0 Å². The van der Waals surface area contributed by atoms with E-state index in [1.165, 1.54) is 16.5 Å². The molecule has 22 heavy (non-hydrogen) atoms. The molecule has 0 amide bonds. The van der Waals surface area contributed by atoms with Crippen LogP contribution in [0, 0.1) is 5.92 Å². The molecule has 0 atom stereocenters. The number of nitrogens with zero attached hydrogens (tertiary/aromatic N) is 1. The molecule has 1 aromatic heterocycles. The van der Waals surface area contributed by atoms with Crippen LogP contribution in [-0.2, 0) is 16.1 Å². The zero-order valence-electron chi connectivity index (χ0n) is 13.5. The van der Waals surface area contributed by atoms with E-state index >= 15 is 0 Å². The fourth-order valence-electron chi connectivity index (χ4n) is 3.04. The number of pyridine rings is 1. The van der Waals surface area contributed by atoms with Crippen LogP contribution in [0.4, 0.5) is 0 Å². The van der Waals surface area contributed by atoms with Crippen molar-refractivity contribution in [1.29, 1.82) is 0 Å². The van der Waals surface area contributed by atoms with Crippen LogP contribution in [0.2, 0.25) is 0 Å². The van der Waals surface area contributed by atoms with E-state index in [0.717, 1.165) is 38.4 Å². The Labute approximate surface area is 132 Å². The molecule has 118 valence electrons. The molecular formula is C19H25NO2. The molecule has 3 heteroatoms. The number of hydrogen-bond acceptors (Lipinski definition) is 3. The molecule has 1 aromatic carbocycles. The molecular weight excluding hydrogens is 274 g/mol. The molecule has 2 aromatic rings. The van der Waals surface area contributed by atoms with Crippen LogP contribution in [0.1, 0.15) is 44.0 Å². The van der Waals surface area contributed by atoms with Crippen molar-refractivity contribution in [2.75, 3.05) is 19.8 Å². The van der Waals surface area contributed by atoms with E-state index in [-0.39, 0.29) is 0 Å². The second-order valence-corrected chi connectivity index (χ2v) is 6.52. The Balaban J connectivity index is 1.89. The first kappa shape index (κ1) is 15.4. The number of fused-ring (bicyclic) bond motifs is 1. The van der Waals surface area contributed by atoms with E-state index in [0.29, 0.717) is 18.4 Å². The molecule has 3 nitrogen and oxygen atoms in total. The molecule has 1 aliphatic rings. The number of hydrogen-bond donors (Lipinski definition) is 0. The standard InChI is InChI=1S/C19H25NO2/c1-14(2)12-22-13-17-11-16-5-3-4-6-18(16)19(20-17)15-7-9-21-10-8-15/h3-6,11,14-15H,7-10,12-13H2,1-2H3. The molecule has 0 aliphatic carbocycles. The third-order valence-corrected chi connectivity index (χ3v) is 4.13. The highest BCUT2D eigenvalue weighted by Crippen LogP contribution is 2.31. The largest absolute Gasteiger partial charge is 0.381 e. The predicted molar refractivity (Wildman–Crippen MR) is 89.0 cm³/mol. The van der Waals surface area contributed by atoms with Gasteiger partial charge in [-0.05, 0) is 30.2 Å². The third kappa shape index (κ3) is 3.65. The predicted octanol–water partition coefficient (Wildman–Crippen LogP) is 4.30. The van der Waals surface area contributed by atoms with E-state index < -0.39 is 0 Å². The van der Waals surface area contributed by atoms with Crippen molar-refractivity contribution in [3.63, 3.8) is 0 Å². The summed E-state index contributed by atoms with van der Waals surface area (Å²) in [5.41, 5.74) is 2.27. The minimum Gasteiger partial charge on any atom is -0.381 e. The number of aromatic nitrogens is 1. The normalized spacial score (nSPS) is 16.5. The zero-order valence-corrected chi connectivity index (χ0v) is 13.5. The monoisotopic (exact) mass is 299 g/mol. The highest BCUT2D eigenvalue weighted by molar-refractivity contribution is 5.85. The van der Waals surface area contributed by atoms with Gasteiger partial charge in [0.05, 0.1) is 18.0 Å². The Morgan fingerprint density at radius 3 is 2.77 bits per heavy atom. The molecule has 3 rings (SSSR count). The van der Waals surface area contributed by atoms with Crippen molar-refractivity contribution < 1.29 is 9.47 Å². The average Bonchev–Trinajstić information content (AvgIpc) is 2.54. The Bertz CT molecular complexity index is 618. The highest BCUT2D eigenvalue weighted by atomic mass is 16.5. The number of benzene rings is 1. The van der Waals surface area contributed by atoms with Crippen LogP contribution in [0.5, 0.6) is 0 Å². The second-order valence-electron chi connectivity index (χ2n) is 6.52. The maximum absolute atomic E-state index is 5.79. The van der Waals surface area contributed by atoms with Gasteiger partial charge in [0.1, 0.15) is 0 Å². The SMILES string of the molecule is CC(C)COCc1cc2ccccc2c(C2CCOCC2)n1. The molecule has 0 radical (unpaired) electrons. The molecule has 0 N–H and O–H groups in total. The van der Waals surface area contributed by atoms with Crippen LogP contribution in [0.15, 0.2) is 30.3 Å². The van der Waals surface area contributed by atoms with Gasteiger partial charge in [-0.15, -0.1) is 0 Å². The summed E-state index contributed by atoms with van der Waals surface area (Å²) in [7, 11) is 0. The van der Waals surface area contributed by atoms with Gasteiger partial charge in [0, 0.05) is 31.1 Å². The lowest BCUT2D eigenvalue weighted by Crippen LogP contribution is -2.16. The van der Waals surface area contributed by atoms with Crippen molar-refractivity contribution in [2.45, 2.75) is 39.2 Å². The van der Waals surface area contributed by atoms with Gasteiger partial charge in [-0.2, -0.15) is 0 Å². The van der Waals surface area contributed by atoms with Gasteiger partial charge in [-0.3, -0.25) is 4.98 Å². The molecule has 0 saturated carbocycles. The lowest BCUT2D eigenvalue weighted by atomic mass is 9.92. The smallest absolute Gasteiger partial charge is 0.0888 e. The highest BCUT2D eigenvalue weighted by Gasteiger charge is 2.20. The summed E-state index contributed by atoms with van der Waals surface area (Å²) < 4.78 is 11.3. The maximum atomic E-state index is 5.79. The summed E-state index contributed by atoms with van der Waals surface area (Å²) in [6.45, 7) is 7.40. The summed E-state index contributed by atoms with van der Waals surface area (Å²) >= 11 is 0. The summed E-state index contributed by atoms with van der Waals surface area (Å²) in [6.07, 6.45) is 2.13. The second kappa shape index (κ2) is 7.21. The van der Waals surface area contributed by atoms with E-state index in [1.54, 1.807) is 0 Å². The van der Waals surface area contributed by atoms with Gasteiger partial charge in [-0.1, -0.05) is 38.1 Å². The Morgan fingerprint density at radius 1 is 1.23 bits per heavy atom. The number of ether oxygens (including phenoxy) is 2. The average molecular weight is 299 g/mol. The van der Waals surface area contributed by atoms with Crippen molar-refractivity contribution in [1.82, 2.24) is 4.98 Å². The molecule has 0 unspecified atom stereocenters.